The summed E-state index contributed by atoms with van der Waals surface area (Å²) < 4.78 is 5.76. The van der Waals surface area contributed by atoms with E-state index >= 15 is 0 Å². The smallest absolute Gasteiger partial charge is 0.306 e. The van der Waals surface area contributed by atoms with Crippen molar-refractivity contribution in [3.05, 3.63) is 60.8 Å². The fraction of sp³-hybridized carbons (Fsp3) is 0.707. The number of carboxylic acid groups (broad SMARTS) is 1. The second kappa shape index (κ2) is 36.1. The number of rotatable bonds is 33. The topological polar surface area (TPSA) is 63.6 Å². The maximum atomic E-state index is 12.3. The summed E-state index contributed by atoms with van der Waals surface area (Å²) in [5.74, 6) is -0.687. The van der Waals surface area contributed by atoms with Gasteiger partial charge in [-0.25, -0.2) is 0 Å². The van der Waals surface area contributed by atoms with E-state index in [1.807, 2.05) is 0 Å². The molecule has 0 saturated carbocycles. The molecule has 4 nitrogen and oxygen atoms in total. The molecule has 4 heteroatoms. The first kappa shape index (κ1) is 42.6. The number of ether oxygens (including phenoxy) is 1. The summed E-state index contributed by atoms with van der Waals surface area (Å²) in [6.07, 6.45) is 50.4. The molecular weight excluding hydrogens is 556 g/mol. The lowest BCUT2D eigenvalue weighted by atomic mass is 10.0. The Morgan fingerprint density at radius 1 is 0.511 bits per heavy atom. The van der Waals surface area contributed by atoms with Gasteiger partial charge in [-0.15, -0.1) is 0 Å². The highest BCUT2D eigenvalue weighted by molar-refractivity contribution is 5.69. The van der Waals surface area contributed by atoms with Gasteiger partial charge < -0.3 is 9.84 Å². The monoisotopic (exact) mass is 627 g/mol. The number of hydrogen-bond donors (Lipinski definition) is 1. The van der Waals surface area contributed by atoms with E-state index in [-0.39, 0.29) is 12.1 Å². The molecule has 0 spiro atoms. The molecular formula is C41H70O4. The largest absolute Gasteiger partial charge is 0.481 e. The Labute approximate surface area is 278 Å². The van der Waals surface area contributed by atoms with Crippen molar-refractivity contribution in [2.75, 3.05) is 0 Å². The van der Waals surface area contributed by atoms with Crippen LogP contribution >= 0.6 is 0 Å². The van der Waals surface area contributed by atoms with Crippen molar-refractivity contribution in [1.29, 1.82) is 0 Å². The van der Waals surface area contributed by atoms with Gasteiger partial charge in [-0.05, 0) is 77.0 Å². The summed E-state index contributed by atoms with van der Waals surface area (Å²) in [6, 6.07) is 0. The van der Waals surface area contributed by atoms with Gasteiger partial charge in [0.05, 0.1) is 0 Å². The van der Waals surface area contributed by atoms with Crippen molar-refractivity contribution in [3.63, 3.8) is 0 Å². The average molecular weight is 627 g/mol. The molecule has 0 aromatic rings. The molecule has 0 radical (unpaired) electrons. The molecule has 0 amide bonds. The number of carbonyl (C=O) groups is 2. The number of allylic oxidation sites excluding steroid dienone is 10. The minimum Gasteiger partial charge on any atom is -0.481 e. The van der Waals surface area contributed by atoms with E-state index in [2.05, 4.69) is 74.6 Å². The average Bonchev–Trinajstić information content (AvgIpc) is 3.03. The summed E-state index contributed by atoms with van der Waals surface area (Å²) >= 11 is 0. The molecule has 0 rings (SSSR count). The molecule has 0 aliphatic heterocycles. The molecule has 1 unspecified atom stereocenters. The molecule has 1 N–H and O–H groups in total. The van der Waals surface area contributed by atoms with Crippen molar-refractivity contribution < 1.29 is 19.4 Å². The quantitative estimate of drug-likeness (QED) is 0.0447. The third kappa shape index (κ3) is 36.0. The number of unbranched alkanes of at least 4 members (excludes halogenated alkanes) is 15. The lowest BCUT2D eigenvalue weighted by Gasteiger charge is -2.16. The van der Waals surface area contributed by atoms with Crippen molar-refractivity contribution in [2.45, 2.75) is 187 Å². The van der Waals surface area contributed by atoms with E-state index in [4.69, 9.17) is 9.84 Å². The number of carbonyl (C=O) groups excluding carboxylic acids is 1. The second-order valence-electron chi connectivity index (χ2n) is 12.4. The number of esters is 1. The first-order valence-corrected chi connectivity index (χ1v) is 18.8. The van der Waals surface area contributed by atoms with Gasteiger partial charge in [0.25, 0.3) is 0 Å². The van der Waals surface area contributed by atoms with E-state index in [1.165, 1.54) is 64.2 Å². The van der Waals surface area contributed by atoms with E-state index in [0.717, 1.165) is 89.9 Å². The van der Waals surface area contributed by atoms with E-state index in [9.17, 15) is 9.59 Å². The Hall–Kier alpha value is -2.36. The third-order valence-electron chi connectivity index (χ3n) is 8.08. The van der Waals surface area contributed by atoms with Crippen LogP contribution in [0.25, 0.3) is 0 Å². The molecule has 0 aromatic heterocycles. The molecule has 0 heterocycles. The van der Waals surface area contributed by atoms with Gasteiger partial charge in [-0.2, -0.15) is 0 Å². The predicted octanol–water partition coefficient (Wildman–Crippen LogP) is 12.9. The maximum Gasteiger partial charge on any atom is 0.306 e. The molecule has 258 valence electrons. The van der Waals surface area contributed by atoms with Crippen molar-refractivity contribution in [3.8, 4) is 0 Å². The van der Waals surface area contributed by atoms with E-state index in [0.29, 0.717) is 12.8 Å². The van der Waals surface area contributed by atoms with Crippen LogP contribution in [0.2, 0.25) is 0 Å². The highest BCUT2D eigenvalue weighted by Crippen LogP contribution is 2.16. The maximum absolute atomic E-state index is 12.3. The van der Waals surface area contributed by atoms with Gasteiger partial charge >= 0.3 is 11.9 Å². The highest BCUT2D eigenvalue weighted by atomic mass is 16.5. The van der Waals surface area contributed by atoms with Crippen LogP contribution in [0.5, 0.6) is 0 Å². The molecule has 0 bridgehead atoms. The fourth-order valence-corrected chi connectivity index (χ4v) is 5.26. The minimum absolute atomic E-state index is 0.0106. The molecule has 0 fully saturated rings. The predicted molar refractivity (Wildman–Crippen MR) is 195 cm³/mol. The van der Waals surface area contributed by atoms with Crippen LogP contribution in [0.1, 0.15) is 181 Å². The summed E-state index contributed by atoms with van der Waals surface area (Å²) in [5, 5.41) is 8.65. The first-order chi connectivity index (χ1) is 22.1. The van der Waals surface area contributed by atoms with Crippen LogP contribution in [0.4, 0.5) is 0 Å². The van der Waals surface area contributed by atoms with Crippen molar-refractivity contribution >= 4 is 11.9 Å². The molecule has 0 aliphatic rings. The molecule has 0 aromatic carbocycles. The van der Waals surface area contributed by atoms with E-state index < -0.39 is 5.97 Å². The van der Waals surface area contributed by atoms with Gasteiger partial charge in [0.1, 0.15) is 6.10 Å². The van der Waals surface area contributed by atoms with Crippen LogP contribution in [0.15, 0.2) is 60.8 Å². The van der Waals surface area contributed by atoms with Crippen LogP contribution in [-0.2, 0) is 14.3 Å². The minimum atomic E-state index is -0.677. The zero-order valence-electron chi connectivity index (χ0n) is 29.4. The van der Waals surface area contributed by atoms with Gasteiger partial charge in [-0.3, -0.25) is 9.59 Å². The fourth-order valence-electron chi connectivity index (χ4n) is 5.26. The van der Waals surface area contributed by atoms with E-state index in [1.54, 1.807) is 0 Å². The van der Waals surface area contributed by atoms with Gasteiger partial charge in [0.15, 0.2) is 0 Å². The zero-order chi connectivity index (χ0) is 32.9. The zero-order valence-corrected chi connectivity index (χ0v) is 29.4. The lowest BCUT2D eigenvalue weighted by Crippen LogP contribution is -2.17. The first-order valence-electron chi connectivity index (χ1n) is 18.8. The van der Waals surface area contributed by atoms with Gasteiger partial charge in [0, 0.05) is 12.8 Å². The van der Waals surface area contributed by atoms with Crippen LogP contribution in [0.3, 0.4) is 0 Å². The summed E-state index contributed by atoms with van der Waals surface area (Å²) in [4.78, 5) is 22.8. The Morgan fingerprint density at radius 3 is 1.38 bits per heavy atom. The van der Waals surface area contributed by atoms with Crippen molar-refractivity contribution in [2.24, 2.45) is 0 Å². The molecule has 1 atom stereocenters. The van der Waals surface area contributed by atoms with Crippen LogP contribution in [0, 0.1) is 0 Å². The molecule has 0 saturated heterocycles. The Kier molecular flexibility index (Phi) is 34.2. The van der Waals surface area contributed by atoms with Crippen molar-refractivity contribution in [1.82, 2.24) is 0 Å². The number of aliphatic carboxylic acids is 1. The third-order valence-corrected chi connectivity index (χ3v) is 8.08. The Morgan fingerprint density at radius 2 is 0.911 bits per heavy atom. The lowest BCUT2D eigenvalue weighted by molar-refractivity contribution is -0.149. The SMILES string of the molecule is CC/C=C\C/C=C\C/C=C\C/C=C\C/C=C\CCCCCCCC(=O)OC(CC)CCCCCCCCCCCCCC(=O)O. The molecule has 0 aliphatic carbocycles. The molecule has 45 heavy (non-hydrogen) atoms. The number of hydrogen-bond acceptors (Lipinski definition) is 3. The van der Waals surface area contributed by atoms with Crippen LogP contribution < -0.4 is 0 Å². The highest BCUT2D eigenvalue weighted by Gasteiger charge is 2.12. The van der Waals surface area contributed by atoms with Gasteiger partial charge in [-0.1, -0.05) is 152 Å². The Balaban J connectivity index is 3.54. The normalized spacial score (nSPS) is 12.9. The van der Waals surface area contributed by atoms with Crippen LogP contribution in [-0.4, -0.2) is 23.1 Å². The standard InChI is InChI=1S/C41H70O4/c1-3-5-6-7-8-9-10-11-12-13-14-15-16-17-18-19-23-26-29-32-35-38-41(44)45-39(4-2)36-33-30-27-24-21-20-22-25-28-31-34-37-40(42)43/h5-6,8-9,11-12,14-15,17-18,39H,3-4,7,10,13,16,19-38H2,1-2H3,(H,42,43)/b6-5-,9-8-,12-11-,15-14-,18-17-. The summed E-state index contributed by atoms with van der Waals surface area (Å²) in [6.45, 7) is 4.28. The Bertz CT molecular complexity index is 804. The van der Waals surface area contributed by atoms with Gasteiger partial charge in [0.2, 0.25) is 0 Å². The second-order valence-corrected chi connectivity index (χ2v) is 12.4. The summed E-state index contributed by atoms with van der Waals surface area (Å²) in [7, 11) is 0. The summed E-state index contributed by atoms with van der Waals surface area (Å²) in [5.41, 5.74) is 0. The number of carboxylic acids is 1.